The quantitative estimate of drug-likeness (QED) is 0.760. The predicted molar refractivity (Wildman–Crippen MR) is 110 cm³/mol. The van der Waals surface area contributed by atoms with E-state index in [0.29, 0.717) is 35.4 Å². The van der Waals surface area contributed by atoms with Gasteiger partial charge in [-0.05, 0) is 43.9 Å². The van der Waals surface area contributed by atoms with E-state index in [9.17, 15) is 9.59 Å². The second-order valence-corrected chi connectivity index (χ2v) is 7.90. The van der Waals surface area contributed by atoms with Gasteiger partial charge in [-0.25, -0.2) is 4.79 Å². The van der Waals surface area contributed by atoms with Crippen LogP contribution in [0.25, 0.3) is 0 Å². The van der Waals surface area contributed by atoms with E-state index in [1.807, 2.05) is 6.07 Å². The third-order valence-corrected chi connectivity index (χ3v) is 4.90. The fraction of sp³-hybridized carbons (Fsp3) is 0.600. The molecule has 1 fully saturated rings. The Labute approximate surface area is 176 Å². The Hall–Kier alpha value is -2.19. The van der Waals surface area contributed by atoms with E-state index >= 15 is 0 Å². The summed E-state index contributed by atoms with van der Waals surface area (Å²) in [6.07, 6.45) is 2.72. The summed E-state index contributed by atoms with van der Waals surface area (Å²) in [5, 5.41) is 7.24. The Morgan fingerprint density at radius 2 is 2.17 bits per heavy atom. The van der Waals surface area contributed by atoms with E-state index in [2.05, 4.69) is 29.3 Å². The number of amides is 1. The van der Waals surface area contributed by atoms with Gasteiger partial charge in [0.25, 0.3) is 5.91 Å². The molecule has 0 radical (unpaired) electrons. The van der Waals surface area contributed by atoms with E-state index in [4.69, 9.17) is 8.94 Å². The largest absolute Gasteiger partial charge is 0.427 e. The maximum Gasteiger partial charge on any atom is 0.349 e. The number of carbonyl (C=O) groups is 1. The zero-order chi connectivity index (χ0) is 20.3. The number of aryl methyl sites for hydroxylation is 1. The smallest absolute Gasteiger partial charge is 0.349 e. The number of nitrogens with one attached hydrogen (secondary N) is 1. The van der Waals surface area contributed by atoms with E-state index in [-0.39, 0.29) is 30.4 Å². The molecule has 1 aliphatic rings. The minimum absolute atomic E-state index is 0. The van der Waals surface area contributed by atoms with Crippen LogP contribution in [0.2, 0.25) is 0 Å². The van der Waals surface area contributed by atoms with Crippen LogP contribution in [-0.4, -0.2) is 41.1 Å². The highest BCUT2D eigenvalue weighted by atomic mass is 35.5. The van der Waals surface area contributed by atoms with Crippen molar-refractivity contribution in [1.29, 1.82) is 0 Å². The topological polar surface area (TPSA) is 101 Å². The first-order valence-corrected chi connectivity index (χ1v) is 9.77. The number of halogens is 1. The molecule has 3 heterocycles. The molecule has 1 saturated heterocycles. The van der Waals surface area contributed by atoms with Crippen LogP contribution in [0.4, 0.5) is 0 Å². The standard InChI is InChI=1S/C20H28N4O4.ClH/c1-12(2)8-16-22-17(28-23-16)11-24(4)19(25)18-13(3)9-15(27-20(18)26)14-6-5-7-21-10-14;/h9,12,14,21H,5-8,10-11H2,1-4H3;1H. The Morgan fingerprint density at radius 3 is 2.79 bits per heavy atom. The van der Waals surface area contributed by atoms with Gasteiger partial charge in [-0.3, -0.25) is 4.79 Å². The summed E-state index contributed by atoms with van der Waals surface area (Å²) >= 11 is 0. The van der Waals surface area contributed by atoms with Gasteiger partial charge < -0.3 is 19.2 Å². The van der Waals surface area contributed by atoms with Gasteiger partial charge in [-0.15, -0.1) is 12.4 Å². The summed E-state index contributed by atoms with van der Waals surface area (Å²) in [6.45, 7) is 7.81. The monoisotopic (exact) mass is 424 g/mol. The molecular formula is C20H29ClN4O4. The van der Waals surface area contributed by atoms with Crippen molar-refractivity contribution in [2.45, 2.75) is 52.5 Å². The van der Waals surface area contributed by atoms with Crippen molar-refractivity contribution in [1.82, 2.24) is 20.4 Å². The number of piperidine rings is 1. The van der Waals surface area contributed by atoms with Crippen molar-refractivity contribution < 1.29 is 13.7 Å². The van der Waals surface area contributed by atoms with Gasteiger partial charge >= 0.3 is 5.63 Å². The van der Waals surface area contributed by atoms with Crippen molar-refractivity contribution in [3.63, 3.8) is 0 Å². The molecule has 3 rings (SSSR count). The van der Waals surface area contributed by atoms with Gasteiger partial charge in [0.2, 0.25) is 5.89 Å². The Kier molecular flexibility index (Phi) is 7.98. The van der Waals surface area contributed by atoms with E-state index < -0.39 is 11.5 Å². The molecule has 1 amide bonds. The molecule has 0 aromatic carbocycles. The fourth-order valence-corrected chi connectivity index (χ4v) is 3.45. The van der Waals surface area contributed by atoms with Crippen molar-refractivity contribution in [2.24, 2.45) is 5.92 Å². The van der Waals surface area contributed by atoms with Gasteiger partial charge in [-0.1, -0.05) is 19.0 Å². The molecule has 1 N–H and O–H groups in total. The maximum absolute atomic E-state index is 12.8. The van der Waals surface area contributed by atoms with E-state index in [0.717, 1.165) is 25.9 Å². The number of hydrogen-bond acceptors (Lipinski definition) is 7. The average Bonchev–Trinajstić information content (AvgIpc) is 3.07. The Balaban J connectivity index is 0.00000300. The van der Waals surface area contributed by atoms with Gasteiger partial charge in [0, 0.05) is 25.9 Å². The number of carbonyl (C=O) groups excluding carboxylic acids is 1. The first-order chi connectivity index (χ1) is 13.3. The van der Waals surface area contributed by atoms with Crippen LogP contribution >= 0.6 is 12.4 Å². The second kappa shape index (κ2) is 10.0. The van der Waals surface area contributed by atoms with E-state index in [1.165, 1.54) is 4.90 Å². The molecule has 0 aliphatic carbocycles. The normalized spacial score (nSPS) is 16.5. The van der Waals surface area contributed by atoms with Crippen LogP contribution in [0.15, 0.2) is 19.8 Å². The van der Waals surface area contributed by atoms with Gasteiger partial charge in [0.05, 0.1) is 6.54 Å². The summed E-state index contributed by atoms with van der Waals surface area (Å²) in [4.78, 5) is 31.1. The minimum Gasteiger partial charge on any atom is -0.427 e. The number of rotatable bonds is 6. The van der Waals surface area contributed by atoms with Crippen molar-refractivity contribution in [2.75, 3.05) is 20.1 Å². The maximum atomic E-state index is 12.8. The SMILES string of the molecule is Cc1cc(C2CCCNC2)oc(=O)c1C(=O)N(C)Cc1nc(CC(C)C)no1.Cl. The molecule has 0 saturated carbocycles. The molecular weight excluding hydrogens is 396 g/mol. The average molecular weight is 425 g/mol. The van der Waals surface area contributed by atoms with Gasteiger partial charge in [0.15, 0.2) is 5.82 Å². The molecule has 0 spiro atoms. The second-order valence-electron chi connectivity index (χ2n) is 7.90. The molecule has 1 unspecified atom stereocenters. The highest BCUT2D eigenvalue weighted by molar-refractivity contribution is 5.94. The number of nitrogens with zero attached hydrogens (tertiary/aromatic N) is 3. The third kappa shape index (κ3) is 5.67. The van der Waals surface area contributed by atoms with Crippen LogP contribution in [-0.2, 0) is 13.0 Å². The van der Waals surface area contributed by atoms with Gasteiger partial charge in [-0.2, -0.15) is 4.98 Å². The zero-order valence-corrected chi connectivity index (χ0v) is 18.2. The lowest BCUT2D eigenvalue weighted by Crippen LogP contribution is -2.33. The Bertz CT molecular complexity index is 887. The summed E-state index contributed by atoms with van der Waals surface area (Å²) < 4.78 is 10.7. The first-order valence-electron chi connectivity index (χ1n) is 9.77. The predicted octanol–water partition coefficient (Wildman–Crippen LogP) is 2.69. The summed E-state index contributed by atoms with van der Waals surface area (Å²) in [5.41, 5.74) is 0.0834. The lowest BCUT2D eigenvalue weighted by Gasteiger charge is -2.22. The molecule has 2 aromatic heterocycles. The first kappa shape index (κ1) is 23.1. The molecule has 2 aromatic rings. The highest BCUT2D eigenvalue weighted by Crippen LogP contribution is 2.24. The Morgan fingerprint density at radius 1 is 1.41 bits per heavy atom. The fourth-order valence-electron chi connectivity index (χ4n) is 3.45. The third-order valence-electron chi connectivity index (χ3n) is 4.90. The highest BCUT2D eigenvalue weighted by Gasteiger charge is 2.25. The number of aromatic nitrogens is 2. The van der Waals surface area contributed by atoms with Crippen LogP contribution in [0, 0.1) is 12.8 Å². The molecule has 1 aliphatic heterocycles. The van der Waals surface area contributed by atoms with Crippen LogP contribution < -0.4 is 10.9 Å². The summed E-state index contributed by atoms with van der Waals surface area (Å²) in [7, 11) is 1.60. The van der Waals surface area contributed by atoms with Crippen LogP contribution in [0.3, 0.4) is 0 Å². The summed E-state index contributed by atoms with van der Waals surface area (Å²) in [6, 6.07) is 1.81. The molecule has 1 atom stereocenters. The van der Waals surface area contributed by atoms with E-state index in [1.54, 1.807) is 14.0 Å². The zero-order valence-electron chi connectivity index (χ0n) is 17.4. The lowest BCUT2D eigenvalue weighted by atomic mass is 9.95. The number of hydrogen-bond donors (Lipinski definition) is 1. The molecule has 9 heteroatoms. The molecule has 8 nitrogen and oxygen atoms in total. The van der Waals surface area contributed by atoms with Crippen LogP contribution in [0.1, 0.15) is 66.0 Å². The van der Waals surface area contributed by atoms with Crippen molar-refractivity contribution in [3.05, 3.63) is 45.1 Å². The molecule has 160 valence electrons. The molecule has 29 heavy (non-hydrogen) atoms. The minimum atomic E-state index is -0.594. The van der Waals surface area contributed by atoms with Crippen LogP contribution in [0.5, 0.6) is 0 Å². The van der Waals surface area contributed by atoms with Gasteiger partial charge in [0.1, 0.15) is 11.3 Å². The summed E-state index contributed by atoms with van der Waals surface area (Å²) in [5.74, 6) is 1.77. The molecule has 0 bridgehead atoms. The van der Waals surface area contributed by atoms with Crippen molar-refractivity contribution in [3.8, 4) is 0 Å². The van der Waals surface area contributed by atoms with Crippen molar-refractivity contribution >= 4 is 18.3 Å². The lowest BCUT2D eigenvalue weighted by molar-refractivity contribution is 0.0763.